The van der Waals surface area contributed by atoms with Crippen LogP contribution in [0, 0.1) is 18.3 Å². The Morgan fingerprint density at radius 3 is 2.68 bits per heavy atom. The Kier molecular flexibility index (Phi) is 4.11. The Morgan fingerprint density at radius 1 is 1.28 bits per heavy atom. The normalized spacial score (nSPS) is 15.8. The zero-order valence-electron chi connectivity index (χ0n) is 14.0. The fourth-order valence-corrected chi connectivity index (χ4v) is 2.97. The quantitative estimate of drug-likeness (QED) is 0.912. The predicted molar refractivity (Wildman–Crippen MR) is 88.6 cm³/mol. The van der Waals surface area contributed by atoms with E-state index in [-0.39, 0.29) is 22.8 Å². The molecule has 2 aromatic rings. The van der Waals surface area contributed by atoms with Crippen molar-refractivity contribution in [1.82, 2.24) is 0 Å². The summed E-state index contributed by atoms with van der Waals surface area (Å²) in [4.78, 5) is 12.5. The minimum atomic E-state index is -0.782. The van der Waals surface area contributed by atoms with E-state index in [1.165, 1.54) is 14.2 Å². The summed E-state index contributed by atoms with van der Waals surface area (Å²) in [6, 6.07) is 8.80. The van der Waals surface area contributed by atoms with Crippen molar-refractivity contribution in [3.05, 3.63) is 63.0 Å². The van der Waals surface area contributed by atoms with Gasteiger partial charge in [0.05, 0.1) is 25.7 Å². The van der Waals surface area contributed by atoms with E-state index in [9.17, 15) is 10.1 Å². The van der Waals surface area contributed by atoms with Crippen molar-refractivity contribution in [2.24, 2.45) is 5.73 Å². The molecule has 7 nitrogen and oxygen atoms in total. The molecule has 128 valence electrons. The molecule has 7 heteroatoms. The fourth-order valence-electron chi connectivity index (χ4n) is 2.97. The molecule has 2 heterocycles. The standard InChI is InChI=1S/C18H16N2O5/c1-9-7-13-15(18(21)24-9)14(11(8-19)17(20)25-13)10-5-4-6-12(22-2)16(10)23-3/h4-7,14H,20H2,1-3H3/t14-/m0/s1. The number of hydrogen-bond acceptors (Lipinski definition) is 7. The summed E-state index contributed by atoms with van der Waals surface area (Å²) < 4.78 is 21.5. The zero-order chi connectivity index (χ0) is 18.1. The molecule has 25 heavy (non-hydrogen) atoms. The van der Waals surface area contributed by atoms with E-state index < -0.39 is 11.5 Å². The average Bonchev–Trinajstić information content (AvgIpc) is 2.59. The second-order valence-corrected chi connectivity index (χ2v) is 5.43. The monoisotopic (exact) mass is 340 g/mol. The first-order valence-corrected chi connectivity index (χ1v) is 7.45. The van der Waals surface area contributed by atoms with Crippen molar-refractivity contribution in [2.75, 3.05) is 14.2 Å². The molecule has 1 aliphatic heterocycles. The number of fused-ring (bicyclic) bond motifs is 1. The van der Waals surface area contributed by atoms with Gasteiger partial charge in [0.15, 0.2) is 11.5 Å². The summed E-state index contributed by atoms with van der Waals surface area (Å²) in [6.45, 7) is 1.63. The summed E-state index contributed by atoms with van der Waals surface area (Å²) in [6.07, 6.45) is 0. The first-order chi connectivity index (χ1) is 12.0. The number of ether oxygens (including phenoxy) is 3. The van der Waals surface area contributed by atoms with Gasteiger partial charge >= 0.3 is 5.63 Å². The third-order valence-corrected chi connectivity index (χ3v) is 4.00. The topological polar surface area (TPSA) is 108 Å². The van der Waals surface area contributed by atoms with E-state index in [1.54, 1.807) is 31.2 Å². The summed E-state index contributed by atoms with van der Waals surface area (Å²) in [5.74, 6) is 0.683. The lowest BCUT2D eigenvalue weighted by Crippen LogP contribution is -2.26. The number of para-hydroxylation sites is 1. The summed E-state index contributed by atoms with van der Waals surface area (Å²) >= 11 is 0. The second-order valence-electron chi connectivity index (χ2n) is 5.43. The number of methoxy groups -OCH3 is 2. The van der Waals surface area contributed by atoms with Crippen LogP contribution >= 0.6 is 0 Å². The number of allylic oxidation sites excluding steroid dienone is 1. The molecule has 1 atom stereocenters. The first-order valence-electron chi connectivity index (χ1n) is 7.45. The van der Waals surface area contributed by atoms with Crippen LogP contribution in [-0.4, -0.2) is 14.2 Å². The lowest BCUT2D eigenvalue weighted by atomic mass is 9.83. The maximum atomic E-state index is 12.5. The van der Waals surface area contributed by atoms with Crippen molar-refractivity contribution in [1.29, 1.82) is 5.26 Å². The molecule has 2 N–H and O–H groups in total. The van der Waals surface area contributed by atoms with Gasteiger partial charge in [-0.3, -0.25) is 0 Å². The Bertz CT molecular complexity index is 968. The van der Waals surface area contributed by atoms with Crippen LogP contribution < -0.4 is 25.6 Å². The highest BCUT2D eigenvalue weighted by molar-refractivity contribution is 5.60. The molecule has 0 radical (unpaired) electrons. The van der Waals surface area contributed by atoms with Gasteiger partial charge in [0.1, 0.15) is 23.2 Å². The molecule has 0 aliphatic carbocycles. The van der Waals surface area contributed by atoms with Crippen LogP contribution in [0.15, 0.2) is 44.9 Å². The summed E-state index contributed by atoms with van der Waals surface area (Å²) in [5.41, 5.74) is 6.19. The molecule has 0 bridgehead atoms. The smallest absolute Gasteiger partial charge is 0.343 e. The number of nitrogens with zero attached hydrogens (tertiary/aromatic N) is 1. The number of aryl methyl sites for hydroxylation is 1. The van der Waals surface area contributed by atoms with Crippen molar-refractivity contribution in [3.8, 4) is 23.3 Å². The summed E-state index contributed by atoms with van der Waals surface area (Å²) in [7, 11) is 2.99. The number of nitrogens with two attached hydrogens (primary N) is 1. The Hall–Kier alpha value is -3.40. The van der Waals surface area contributed by atoms with Crippen molar-refractivity contribution in [3.63, 3.8) is 0 Å². The molecule has 0 saturated carbocycles. The molecule has 1 aromatic heterocycles. The maximum absolute atomic E-state index is 12.5. The third kappa shape index (κ3) is 2.58. The van der Waals surface area contributed by atoms with Gasteiger partial charge in [0.2, 0.25) is 5.88 Å². The van der Waals surface area contributed by atoms with Crippen molar-refractivity contribution < 1.29 is 18.6 Å². The van der Waals surface area contributed by atoms with Gasteiger partial charge in [0.25, 0.3) is 0 Å². The van der Waals surface area contributed by atoms with Crippen LogP contribution in [0.1, 0.15) is 22.8 Å². The highest BCUT2D eigenvalue weighted by Gasteiger charge is 2.36. The van der Waals surface area contributed by atoms with E-state index >= 15 is 0 Å². The number of benzene rings is 1. The van der Waals surface area contributed by atoms with Crippen LogP contribution in [0.5, 0.6) is 17.2 Å². The molecule has 0 unspecified atom stereocenters. The van der Waals surface area contributed by atoms with E-state index in [0.717, 1.165) is 0 Å². The molecule has 0 fully saturated rings. The van der Waals surface area contributed by atoms with Crippen LogP contribution in [-0.2, 0) is 0 Å². The van der Waals surface area contributed by atoms with E-state index in [4.69, 9.17) is 24.4 Å². The Morgan fingerprint density at radius 2 is 2.04 bits per heavy atom. The van der Waals surface area contributed by atoms with Gasteiger partial charge in [-0.25, -0.2) is 4.79 Å². The molecular weight excluding hydrogens is 324 g/mol. The fraction of sp³-hybridized carbons (Fsp3) is 0.222. The van der Waals surface area contributed by atoms with Gasteiger partial charge in [-0.05, 0) is 13.0 Å². The molecule has 0 spiro atoms. The zero-order valence-corrected chi connectivity index (χ0v) is 14.0. The van der Waals surface area contributed by atoms with Crippen LogP contribution in [0.2, 0.25) is 0 Å². The molecule has 0 amide bonds. The van der Waals surface area contributed by atoms with Gasteiger partial charge in [0, 0.05) is 11.6 Å². The van der Waals surface area contributed by atoms with Gasteiger partial charge < -0.3 is 24.4 Å². The highest BCUT2D eigenvalue weighted by Crippen LogP contribution is 2.45. The van der Waals surface area contributed by atoms with Crippen LogP contribution in [0.3, 0.4) is 0 Å². The number of hydrogen-bond donors (Lipinski definition) is 1. The third-order valence-electron chi connectivity index (χ3n) is 4.00. The van der Waals surface area contributed by atoms with Gasteiger partial charge in [-0.1, -0.05) is 12.1 Å². The molecule has 1 aromatic carbocycles. The Balaban J connectivity index is 2.36. The lowest BCUT2D eigenvalue weighted by molar-refractivity contribution is 0.346. The van der Waals surface area contributed by atoms with Gasteiger partial charge in [-0.2, -0.15) is 5.26 Å². The van der Waals surface area contributed by atoms with E-state index in [2.05, 4.69) is 0 Å². The molecular formula is C18H16N2O5. The van der Waals surface area contributed by atoms with E-state index in [0.29, 0.717) is 22.8 Å². The van der Waals surface area contributed by atoms with E-state index in [1.807, 2.05) is 6.07 Å². The average molecular weight is 340 g/mol. The number of nitriles is 1. The first kappa shape index (κ1) is 16.5. The lowest BCUT2D eigenvalue weighted by Gasteiger charge is -2.26. The maximum Gasteiger partial charge on any atom is 0.343 e. The van der Waals surface area contributed by atoms with Gasteiger partial charge in [-0.15, -0.1) is 0 Å². The predicted octanol–water partition coefficient (Wildman–Crippen LogP) is 2.18. The number of rotatable bonds is 3. The second kappa shape index (κ2) is 6.24. The Labute approximate surface area is 143 Å². The molecule has 1 aliphatic rings. The van der Waals surface area contributed by atoms with Crippen LogP contribution in [0.25, 0.3) is 0 Å². The highest BCUT2D eigenvalue weighted by atomic mass is 16.5. The minimum Gasteiger partial charge on any atom is -0.493 e. The van der Waals surface area contributed by atoms with Crippen molar-refractivity contribution >= 4 is 0 Å². The largest absolute Gasteiger partial charge is 0.493 e. The SMILES string of the molecule is COc1cccc([C@H]2C(C#N)=C(N)Oc3cc(C)oc(=O)c32)c1OC. The molecule has 3 rings (SSSR count). The molecule has 0 saturated heterocycles. The van der Waals surface area contributed by atoms with Crippen molar-refractivity contribution in [2.45, 2.75) is 12.8 Å². The van der Waals surface area contributed by atoms with Crippen LogP contribution in [0.4, 0.5) is 0 Å². The summed E-state index contributed by atoms with van der Waals surface area (Å²) in [5, 5.41) is 9.58. The minimum absolute atomic E-state index is 0.0603.